The minimum Gasteiger partial charge on any atom is -0.491 e. The number of thiophene rings is 1. The largest absolute Gasteiger partial charge is 0.491 e. The Kier molecular flexibility index (Phi) is 2.70. The maximum Gasteiger partial charge on any atom is 0.151 e. The molecule has 2 rings (SSSR count). The average Bonchev–Trinajstić information content (AvgIpc) is 2.43. The molecule has 1 nitrogen and oxygen atoms in total. The van der Waals surface area contributed by atoms with E-state index in [4.69, 9.17) is 4.74 Å². The van der Waals surface area contributed by atoms with Crippen molar-refractivity contribution in [1.29, 1.82) is 0 Å². The summed E-state index contributed by atoms with van der Waals surface area (Å²) < 4.78 is 7.78. The van der Waals surface area contributed by atoms with E-state index in [0.717, 1.165) is 9.96 Å². The third-order valence-corrected chi connectivity index (χ3v) is 3.48. The highest BCUT2D eigenvalue weighted by Gasteiger charge is 2.09. The zero-order valence-electron chi connectivity index (χ0n) is 8.20. The topological polar surface area (TPSA) is 9.23 Å². The fourth-order valence-electron chi connectivity index (χ4n) is 1.45. The Balaban J connectivity index is 2.64. The molecule has 2 aromatic rings. The summed E-state index contributed by atoms with van der Waals surface area (Å²) in [4.78, 5) is 0. The SMILES string of the molecule is CCOc1c(S)sc2cc(C)ccc12. The molecule has 0 N–H and O–H groups in total. The van der Waals surface area contributed by atoms with E-state index in [1.807, 2.05) is 6.92 Å². The van der Waals surface area contributed by atoms with Gasteiger partial charge in [-0.3, -0.25) is 0 Å². The van der Waals surface area contributed by atoms with Gasteiger partial charge in [0.05, 0.1) is 6.61 Å². The number of rotatable bonds is 2. The van der Waals surface area contributed by atoms with Gasteiger partial charge in [-0.1, -0.05) is 6.07 Å². The number of ether oxygens (including phenoxy) is 1. The molecule has 1 aromatic heterocycles. The first kappa shape index (κ1) is 9.87. The van der Waals surface area contributed by atoms with E-state index in [0.29, 0.717) is 6.61 Å². The smallest absolute Gasteiger partial charge is 0.151 e. The third-order valence-electron chi connectivity index (χ3n) is 2.07. The van der Waals surface area contributed by atoms with Crippen LogP contribution in [0, 0.1) is 6.92 Å². The highest BCUT2D eigenvalue weighted by atomic mass is 32.2. The van der Waals surface area contributed by atoms with E-state index in [2.05, 4.69) is 37.8 Å². The van der Waals surface area contributed by atoms with Crippen molar-refractivity contribution in [2.75, 3.05) is 6.61 Å². The van der Waals surface area contributed by atoms with Crippen LogP contribution in [0.3, 0.4) is 0 Å². The Bertz CT molecular complexity index is 460. The van der Waals surface area contributed by atoms with E-state index >= 15 is 0 Å². The minimum atomic E-state index is 0.688. The second kappa shape index (κ2) is 3.83. The normalized spacial score (nSPS) is 10.8. The van der Waals surface area contributed by atoms with Crippen LogP contribution in [0.2, 0.25) is 0 Å². The van der Waals surface area contributed by atoms with Crippen molar-refractivity contribution < 1.29 is 4.74 Å². The fourth-order valence-corrected chi connectivity index (χ4v) is 2.92. The lowest BCUT2D eigenvalue weighted by Gasteiger charge is -2.01. The number of aryl methyl sites for hydroxylation is 1. The molecule has 0 bridgehead atoms. The van der Waals surface area contributed by atoms with Crippen LogP contribution in [0.25, 0.3) is 10.1 Å². The Morgan fingerprint density at radius 3 is 2.93 bits per heavy atom. The van der Waals surface area contributed by atoms with E-state index in [1.54, 1.807) is 11.3 Å². The molecule has 0 amide bonds. The van der Waals surface area contributed by atoms with Crippen LogP contribution in [0.5, 0.6) is 5.75 Å². The highest BCUT2D eigenvalue weighted by molar-refractivity contribution is 7.83. The summed E-state index contributed by atoms with van der Waals surface area (Å²) in [5.41, 5.74) is 1.27. The Labute approximate surface area is 93.1 Å². The van der Waals surface area contributed by atoms with E-state index in [9.17, 15) is 0 Å². The van der Waals surface area contributed by atoms with Crippen molar-refractivity contribution in [3.63, 3.8) is 0 Å². The first-order valence-corrected chi connectivity index (χ1v) is 5.83. The molecule has 0 aliphatic carbocycles. The summed E-state index contributed by atoms with van der Waals surface area (Å²) in [7, 11) is 0. The lowest BCUT2D eigenvalue weighted by molar-refractivity contribution is 0.339. The first-order chi connectivity index (χ1) is 6.72. The van der Waals surface area contributed by atoms with Crippen LogP contribution in [-0.2, 0) is 0 Å². The van der Waals surface area contributed by atoms with Crippen molar-refractivity contribution in [3.05, 3.63) is 23.8 Å². The van der Waals surface area contributed by atoms with Gasteiger partial charge in [-0.05, 0) is 31.5 Å². The molecule has 0 aliphatic rings. The molecule has 0 aliphatic heterocycles. The molecule has 0 fully saturated rings. The molecule has 0 atom stereocenters. The molecule has 0 radical (unpaired) electrons. The standard InChI is InChI=1S/C11H12OS2/c1-3-12-10-8-5-4-7(2)6-9(8)14-11(10)13/h4-6,13H,3H2,1-2H3. The zero-order valence-corrected chi connectivity index (χ0v) is 9.91. The first-order valence-electron chi connectivity index (χ1n) is 4.57. The van der Waals surface area contributed by atoms with E-state index in [1.165, 1.54) is 15.6 Å². The van der Waals surface area contributed by atoms with Crippen molar-refractivity contribution in [1.82, 2.24) is 0 Å². The van der Waals surface area contributed by atoms with Crippen LogP contribution in [0.4, 0.5) is 0 Å². The number of fused-ring (bicyclic) bond motifs is 1. The van der Waals surface area contributed by atoms with Crippen molar-refractivity contribution in [3.8, 4) is 5.75 Å². The lowest BCUT2D eigenvalue weighted by Crippen LogP contribution is -1.90. The monoisotopic (exact) mass is 224 g/mol. The number of hydrogen-bond acceptors (Lipinski definition) is 3. The van der Waals surface area contributed by atoms with Crippen LogP contribution in [-0.4, -0.2) is 6.61 Å². The average molecular weight is 224 g/mol. The fraction of sp³-hybridized carbons (Fsp3) is 0.273. The molecule has 0 saturated carbocycles. The van der Waals surface area contributed by atoms with Crippen LogP contribution >= 0.6 is 24.0 Å². The van der Waals surface area contributed by atoms with Gasteiger partial charge < -0.3 is 4.74 Å². The van der Waals surface area contributed by atoms with Gasteiger partial charge in [-0.15, -0.1) is 24.0 Å². The zero-order chi connectivity index (χ0) is 10.1. The van der Waals surface area contributed by atoms with Crippen molar-refractivity contribution in [2.45, 2.75) is 18.1 Å². The molecule has 0 saturated heterocycles. The van der Waals surface area contributed by atoms with Gasteiger partial charge in [-0.2, -0.15) is 0 Å². The van der Waals surface area contributed by atoms with Gasteiger partial charge >= 0.3 is 0 Å². The van der Waals surface area contributed by atoms with Gasteiger partial charge in [0.2, 0.25) is 0 Å². The minimum absolute atomic E-state index is 0.688. The number of benzene rings is 1. The van der Waals surface area contributed by atoms with Crippen molar-refractivity contribution >= 4 is 34.1 Å². The highest BCUT2D eigenvalue weighted by Crippen LogP contribution is 2.40. The Hall–Kier alpha value is -0.670. The summed E-state index contributed by atoms with van der Waals surface area (Å²) in [5, 5.41) is 1.17. The predicted molar refractivity (Wildman–Crippen MR) is 65.0 cm³/mol. The predicted octanol–water partition coefficient (Wildman–Crippen LogP) is 3.90. The Morgan fingerprint density at radius 1 is 1.43 bits per heavy atom. The quantitative estimate of drug-likeness (QED) is 0.761. The second-order valence-corrected chi connectivity index (χ2v) is 4.97. The summed E-state index contributed by atoms with van der Waals surface area (Å²) in [6.07, 6.45) is 0. The van der Waals surface area contributed by atoms with Gasteiger partial charge in [0.25, 0.3) is 0 Å². The maximum absolute atomic E-state index is 5.56. The second-order valence-electron chi connectivity index (χ2n) is 3.17. The van der Waals surface area contributed by atoms with Crippen LogP contribution < -0.4 is 4.74 Å². The third kappa shape index (κ3) is 1.62. The lowest BCUT2D eigenvalue weighted by atomic mass is 10.2. The molecule has 1 heterocycles. The van der Waals surface area contributed by atoms with Crippen LogP contribution in [0.15, 0.2) is 22.4 Å². The van der Waals surface area contributed by atoms with E-state index in [-0.39, 0.29) is 0 Å². The summed E-state index contributed by atoms with van der Waals surface area (Å²) in [6.45, 7) is 4.77. The molecule has 1 aromatic carbocycles. The van der Waals surface area contributed by atoms with Gasteiger partial charge in [0.1, 0.15) is 4.21 Å². The van der Waals surface area contributed by atoms with Gasteiger partial charge in [-0.25, -0.2) is 0 Å². The maximum atomic E-state index is 5.56. The Morgan fingerprint density at radius 2 is 2.21 bits per heavy atom. The molecular weight excluding hydrogens is 212 g/mol. The summed E-state index contributed by atoms with van der Waals surface area (Å²) in [6, 6.07) is 6.37. The number of hydrogen-bond donors (Lipinski definition) is 1. The van der Waals surface area contributed by atoms with Gasteiger partial charge in [0.15, 0.2) is 5.75 Å². The molecule has 0 unspecified atom stereocenters. The molecule has 0 spiro atoms. The molecule has 74 valence electrons. The van der Waals surface area contributed by atoms with Crippen molar-refractivity contribution in [2.24, 2.45) is 0 Å². The van der Waals surface area contributed by atoms with Crippen LogP contribution in [0.1, 0.15) is 12.5 Å². The summed E-state index contributed by atoms with van der Waals surface area (Å²) in [5.74, 6) is 0.927. The molecule has 14 heavy (non-hydrogen) atoms. The van der Waals surface area contributed by atoms with E-state index < -0.39 is 0 Å². The van der Waals surface area contributed by atoms with Gasteiger partial charge in [0, 0.05) is 10.1 Å². The number of thiol groups is 1. The molecular formula is C11H12OS2. The molecule has 3 heteroatoms. The summed E-state index contributed by atoms with van der Waals surface area (Å²) >= 11 is 6.09.